The summed E-state index contributed by atoms with van der Waals surface area (Å²) in [5, 5.41) is 2.77. The third kappa shape index (κ3) is 2.65. The summed E-state index contributed by atoms with van der Waals surface area (Å²) in [6.07, 6.45) is 3.00. The molecule has 1 saturated carbocycles. The zero-order valence-electron chi connectivity index (χ0n) is 9.96. The number of amides is 1. The second-order valence-electron chi connectivity index (χ2n) is 4.61. The normalized spacial score (nSPS) is 23.1. The first-order valence-corrected chi connectivity index (χ1v) is 6.46. The van der Waals surface area contributed by atoms with Crippen molar-refractivity contribution in [2.75, 3.05) is 6.54 Å². The fraction of sp³-hybridized carbons (Fsp3) is 0.462. The van der Waals surface area contributed by atoms with Crippen LogP contribution in [0.1, 0.15) is 29.6 Å². The predicted molar refractivity (Wildman–Crippen MR) is 69.1 cm³/mol. The Labute approximate surface area is 111 Å². The van der Waals surface area contributed by atoms with E-state index in [0.29, 0.717) is 12.5 Å². The Morgan fingerprint density at radius 3 is 3.00 bits per heavy atom. The molecular weight excluding hydrogens is 255 g/mol. The number of hydrogen-bond donors (Lipinski definition) is 2. The van der Waals surface area contributed by atoms with Gasteiger partial charge >= 0.3 is 0 Å². The fourth-order valence-electron chi connectivity index (χ4n) is 2.43. The van der Waals surface area contributed by atoms with E-state index >= 15 is 0 Å². The smallest absolute Gasteiger partial charge is 0.253 e. The number of halogens is 2. The van der Waals surface area contributed by atoms with E-state index in [4.69, 9.17) is 17.3 Å². The highest BCUT2D eigenvalue weighted by Gasteiger charge is 2.28. The summed E-state index contributed by atoms with van der Waals surface area (Å²) in [5.41, 5.74) is 5.84. The maximum atomic E-state index is 13.3. The molecule has 98 valence electrons. The highest BCUT2D eigenvalue weighted by atomic mass is 35.5. The maximum Gasteiger partial charge on any atom is 0.253 e. The van der Waals surface area contributed by atoms with Crippen molar-refractivity contribution in [3.63, 3.8) is 0 Å². The van der Waals surface area contributed by atoms with Crippen LogP contribution in [0.4, 0.5) is 4.39 Å². The number of carbonyl (C=O) groups is 1. The summed E-state index contributed by atoms with van der Waals surface area (Å²) < 4.78 is 13.3. The van der Waals surface area contributed by atoms with E-state index in [2.05, 4.69) is 5.32 Å². The zero-order chi connectivity index (χ0) is 13.1. The van der Waals surface area contributed by atoms with Gasteiger partial charge in [-0.05, 0) is 37.4 Å². The molecule has 0 bridgehead atoms. The lowest BCUT2D eigenvalue weighted by Gasteiger charge is -2.19. The lowest BCUT2D eigenvalue weighted by molar-refractivity contribution is 0.0928. The summed E-state index contributed by atoms with van der Waals surface area (Å²) in [6.45, 7) is 0.557. The largest absolute Gasteiger partial charge is 0.349 e. The van der Waals surface area contributed by atoms with Crippen LogP contribution in [0, 0.1) is 11.7 Å². The van der Waals surface area contributed by atoms with Crippen LogP contribution in [0.25, 0.3) is 0 Å². The van der Waals surface area contributed by atoms with E-state index < -0.39 is 5.82 Å². The van der Waals surface area contributed by atoms with Gasteiger partial charge in [0.05, 0.1) is 10.6 Å². The van der Waals surface area contributed by atoms with Crippen molar-refractivity contribution < 1.29 is 9.18 Å². The predicted octanol–water partition coefficient (Wildman–Crippen LogP) is 2.34. The molecule has 3 N–H and O–H groups in total. The second kappa shape index (κ2) is 5.67. The van der Waals surface area contributed by atoms with Crippen LogP contribution in [-0.4, -0.2) is 18.5 Å². The van der Waals surface area contributed by atoms with Gasteiger partial charge in [0, 0.05) is 6.04 Å². The van der Waals surface area contributed by atoms with Gasteiger partial charge in [-0.25, -0.2) is 4.39 Å². The van der Waals surface area contributed by atoms with Crippen LogP contribution >= 0.6 is 11.6 Å². The number of rotatable bonds is 3. The van der Waals surface area contributed by atoms with Gasteiger partial charge in [0.1, 0.15) is 5.82 Å². The lowest BCUT2D eigenvalue weighted by atomic mass is 10.0. The van der Waals surface area contributed by atoms with E-state index in [-0.39, 0.29) is 22.5 Å². The average Bonchev–Trinajstić information content (AvgIpc) is 2.79. The van der Waals surface area contributed by atoms with E-state index in [1.807, 2.05) is 0 Å². The Hall–Kier alpha value is -1.13. The van der Waals surface area contributed by atoms with Crippen LogP contribution in [0.15, 0.2) is 18.2 Å². The summed E-state index contributed by atoms with van der Waals surface area (Å²) in [5.74, 6) is -0.600. The van der Waals surface area contributed by atoms with Crippen LogP contribution in [0.3, 0.4) is 0 Å². The third-order valence-electron chi connectivity index (χ3n) is 3.47. The minimum atomic E-state index is -0.578. The summed E-state index contributed by atoms with van der Waals surface area (Å²) in [4.78, 5) is 12.0. The number of benzene rings is 1. The molecule has 1 fully saturated rings. The van der Waals surface area contributed by atoms with Crippen molar-refractivity contribution in [2.24, 2.45) is 11.7 Å². The Balaban J connectivity index is 2.10. The van der Waals surface area contributed by atoms with Crippen molar-refractivity contribution in [2.45, 2.75) is 25.3 Å². The highest BCUT2D eigenvalue weighted by molar-refractivity contribution is 6.34. The molecular formula is C13H16ClFN2O. The van der Waals surface area contributed by atoms with Crippen LogP contribution in [0.2, 0.25) is 5.02 Å². The Bertz CT molecular complexity index is 453. The quantitative estimate of drug-likeness (QED) is 0.886. The van der Waals surface area contributed by atoms with E-state index in [0.717, 1.165) is 19.3 Å². The van der Waals surface area contributed by atoms with Gasteiger partial charge in [0.2, 0.25) is 0 Å². The molecule has 2 unspecified atom stereocenters. The Morgan fingerprint density at radius 2 is 2.28 bits per heavy atom. The molecule has 1 aliphatic carbocycles. The number of nitrogens with one attached hydrogen (secondary N) is 1. The van der Waals surface area contributed by atoms with Gasteiger partial charge in [-0.2, -0.15) is 0 Å². The molecule has 1 aromatic carbocycles. The van der Waals surface area contributed by atoms with Crippen molar-refractivity contribution in [3.05, 3.63) is 34.6 Å². The molecule has 3 nitrogen and oxygen atoms in total. The van der Waals surface area contributed by atoms with Gasteiger partial charge in [-0.3, -0.25) is 4.79 Å². The average molecular weight is 271 g/mol. The molecule has 18 heavy (non-hydrogen) atoms. The Kier molecular flexibility index (Phi) is 4.19. The van der Waals surface area contributed by atoms with Gasteiger partial charge in [0.25, 0.3) is 5.91 Å². The fourth-order valence-corrected chi connectivity index (χ4v) is 2.65. The standard InChI is InChI=1S/C13H16ClFN2O/c14-12-9(4-2-5-10(12)15)13(18)17-11-6-1-3-8(11)7-16/h2,4-5,8,11H,1,3,6-7,16H2,(H,17,18). The van der Waals surface area contributed by atoms with Crippen molar-refractivity contribution in [1.29, 1.82) is 0 Å². The first-order valence-electron chi connectivity index (χ1n) is 6.08. The maximum absolute atomic E-state index is 13.3. The summed E-state index contributed by atoms with van der Waals surface area (Å²) in [7, 11) is 0. The molecule has 2 atom stereocenters. The highest BCUT2D eigenvalue weighted by Crippen LogP contribution is 2.26. The molecule has 0 aromatic heterocycles. The monoisotopic (exact) mass is 270 g/mol. The molecule has 1 amide bonds. The molecule has 0 saturated heterocycles. The molecule has 0 heterocycles. The van der Waals surface area contributed by atoms with Crippen LogP contribution in [0.5, 0.6) is 0 Å². The molecule has 0 aliphatic heterocycles. The second-order valence-corrected chi connectivity index (χ2v) is 4.99. The van der Waals surface area contributed by atoms with Gasteiger partial charge < -0.3 is 11.1 Å². The molecule has 0 spiro atoms. The number of nitrogens with two attached hydrogens (primary N) is 1. The van der Waals surface area contributed by atoms with Gasteiger partial charge in [-0.15, -0.1) is 0 Å². The first-order chi connectivity index (χ1) is 8.63. The third-order valence-corrected chi connectivity index (χ3v) is 3.86. The van der Waals surface area contributed by atoms with Gasteiger partial charge in [0.15, 0.2) is 0 Å². The Morgan fingerprint density at radius 1 is 1.50 bits per heavy atom. The van der Waals surface area contributed by atoms with Crippen LogP contribution in [-0.2, 0) is 0 Å². The zero-order valence-corrected chi connectivity index (χ0v) is 10.7. The minimum absolute atomic E-state index is 0.0711. The summed E-state index contributed by atoms with van der Waals surface area (Å²) >= 11 is 5.78. The van der Waals surface area contributed by atoms with E-state index in [1.165, 1.54) is 18.2 Å². The van der Waals surface area contributed by atoms with Gasteiger partial charge in [-0.1, -0.05) is 24.1 Å². The van der Waals surface area contributed by atoms with E-state index in [1.54, 1.807) is 0 Å². The molecule has 0 radical (unpaired) electrons. The first kappa shape index (κ1) is 13.3. The SMILES string of the molecule is NCC1CCCC1NC(=O)c1cccc(F)c1Cl. The molecule has 5 heteroatoms. The summed E-state index contributed by atoms with van der Waals surface area (Å²) in [6, 6.07) is 4.30. The lowest BCUT2D eigenvalue weighted by Crippen LogP contribution is -2.40. The molecule has 1 aromatic rings. The van der Waals surface area contributed by atoms with E-state index in [9.17, 15) is 9.18 Å². The van der Waals surface area contributed by atoms with Crippen molar-refractivity contribution in [1.82, 2.24) is 5.32 Å². The molecule has 2 rings (SSSR count). The topological polar surface area (TPSA) is 55.1 Å². The van der Waals surface area contributed by atoms with Crippen molar-refractivity contribution >= 4 is 17.5 Å². The molecule has 1 aliphatic rings. The number of hydrogen-bond acceptors (Lipinski definition) is 2. The van der Waals surface area contributed by atoms with Crippen molar-refractivity contribution in [3.8, 4) is 0 Å². The van der Waals surface area contributed by atoms with Crippen LogP contribution < -0.4 is 11.1 Å². The minimum Gasteiger partial charge on any atom is -0.349 e. The number of carbonyl (C=O) groups excluding carboxylic acids is 1.